The zero-order chi connectivity index (χ0) is 15.7. The molecule has 0 fully saturated rings. The summed E-state index contributed by atoms with van der Waals surface area (Å²) in [5.41, 5.74) is 1.62. The van der Waals surface area contributed by atoms with Gasteiger partial charge in [0.1, 0.15) is 12.3 Å². The molecule has 0 amide bonds. The van der Waals surface area contributed by atoms with Crippen LogP contribution in [0.3, 0.4) is 0 Å². The van der Waals surface area contributed by atoms with Crippen LogP contribution in [-0.4, -0.2) is 15.4 Å². The number of aromatic nitrogens is 2. The van der Waals surface area contributed by atoms with E-state index in [1.165, 1.54) is 16.5 Å². The van der Waals surface area contributed by atoms with Gasteiger partial charge in [-0.25, -0.2) is 9.78 Å². The van der Waals surface area contributed by atoms with Crippen LogP contribution in [0.2, 0.25) is 0 Å². The van der Waals surface area contributed by atoms with Crippen LogP contribution < -0.4 is 5.56 Å². The quantitative estimate of drug-likeness (QED) is 0.669. The molecule has 0 aromatic carbocycles. The van der Waals surface area contributed by atoms with E-state index in [1.54, 1.807) is 18.3 Å². The Morgan fingerprint density at radius 3 is 2.91 bits per heavy atom. The van der Waals surface area contributed by atoms with Crippen molar-refractivity contribution in [2.75, 3.05) is 0 Å². The molecule has 112 valence electrons. The number of aryl methyl sites for hydroxylation is 1. The summed E-state index contributed by atoms with van der Waals surface area (Å²) in [6.45, 7) is 1.79. The highest BCUT2D eigenvalue weighted by molar-refractivity contribution is 9.10. The van der Waals surface area contributed by atoms with E-state index in [2.05, 4.69) is 20.9 Å². The van der Waals surface area contributed by atoms with E-state index in [0.29, 0.717) is 16.0 Å². The smallest absolute Gasteiger partial charge is 0.374 e. The van der Waals surface area contributed by atoms with Gasteiger partial charge in [-0.15, -0.1) is 0 Å². The molecular weight excluding hydrogens is 352 g/mol. The van der Waals surface area contributed by atoms with E-state index in [-0.39, 0.29) is 17.9 Å². The minimum atomic E-state index is -0.614. The van der Waals surface area contributed by atoms with E-state index in [1.807, 2.05) is 13.0 Å². The van der Waals surface area contributed by atoms with Gasteiger partial charge < -0.3 is 9.15 Å². The van der Waals surface area contributed by atoms with E-state index in [4.69, 9.17) is 9.15 Å². The lowest BCUT2D eigenvalue weighted by molar-refractivity contribution is 0.0429. The zero-order valence-corrected chi connectivity index (χ0v) is 13.2. The van der Waals surface area contributed by atoms with E-state index < -0.39 is 5.97 Å². The van der Waals surface area contributed by atoms with Crippen LogP contribution in [0.25, 0.3) is 5.65 Å². The maximum atomic E-state index is 12.0. The Morgan fingerprint density at radius 1 is 1.36 bits per heavy atom. The average Bonchev–Trinajstić information content (AvgIpc) is 2.92. The number of ether oxygens (including phenoxy) is 1. The van der Waals surface area contributed by atoms with Gasteiger partial charge in [-0.2, -0.15) is 0 Å². The predicted molar refractivity (Wildman–Crippen MR) is 81.7 cm³/mol. The minimum absolute atomic E-state index is 0.0833. The third kappa shape index (κ3) is 2.94. The molecule has 0 unspecified atom stereocenters. The highest BCUT2D eigenvalue weighted by atomic mass is 79.9. The average molecular weight is 363 g/mol. The Labute approximate surface area is 133 Å². The molecule has 3 rings (SSSR count). The van der Waals surface area contributed by atoms with Gasteiger partial charge in [-0.05, 0) is 46.6 Å². The SMILES string of the molecule is Cc1ccc2nc(COC(=O)c3ccc(Br)o3)cc(=O)n2c1. The zero-order valence-electron chi connectivity index (χ0n) is 11.6. The van der Waals surface area contributed by atoms with Crippen molar-refractivity contribution in [2.45, 2.75) is 13.5 Å². The van der Waals surface area contributed by atoms with Crippen molar-refractivity contribution in [3.05, 3.63) is 68.6 Å². The number of nitrogens with zero attached hydrogens (tertiary/aromatic N) is 2. The monoisotopic (exact) mass is 362 g/mol. The van der Waals surface area contributed by atoms with Crippen LogP contribution in [0.15, 0.2) is 50.4 Å². The second kappa shape index (κ2) is 5.76. The summed E-state index contributed by atoms with van der Waals surface area (Å²) in [4.78, 5) is 28.1. The van der Waals surface area contributed by atoms with Gasteiger partial charge in [-0.3, -0.25) is 9.20 Å². The number of esters is 1. The van der Waals surface area contributed by atoms with Gasteiger partial charge in [0, 0.05) is 12.3 Å². The molecule has 0 bridgehead atoms. The number of hydrogen-bond donors (Lipinski definition) is 0. The van der Waals surface area contributed by atoms with Crippen molar-refractivity contribution in [1.82, 2.24) is 9.38 Å². The number of carbonyl (C=O) groups is 1. The Kier molecular flexibility index (Phi) is 3.81. The second-order valence-corrected chi connectivity index (χ2v) is 5.48. The highest BCUT2D eigenvalue weighted by Crippen LogP contribution is 2.15. The number of pyridine rings is 1. The molecule has 0 saturated heterocycles. The highest BCUT2D eigenvalue weighted by Gasteiger charge is 2.13. The molecule has 0 aliphatic rings. The van der Waals surface area contributed by atoms with Crippen molar-refractivity contribution >= 4 is 27.5 Å². The molecule has 0 atom stereocenters. The molecule has 3 aromatic heterocycles. The van der Waals surface area contributed by atoms with Crippen molar-refractivity contribution in [3.8, 4) is 0 Å². The van der Waals surface area contributed by atoms with Crippen LogP contribution >= 0.6 is 15.9 Å². The Bertz CT molecular complexity index is 913. The third-order valence-corrected chi connectivity index (χ3v) is 3.41. The first-order valence-electron chi connectivity index (χ1n) is 6.44. The lowest BCUT2D eigenvalue weighted by Crippen LogP contribution is -2.16. The number of hydrogen-bond acceptors (Lipinski definition) is 5. The van der Waals surface area contributed by atoms with Gasteiger partial charge in [0.25, 0.3) is 5.56 Å². The predicted octanol–water partition coefficient (Wildman–Crippen LogP) is 2.72. The normalized spacial score (nSPS) is 10.8. The first-order valence-corrected chi connectivity index (χ1v) is 7.23. The first-order chi connectivity index (χ1) is 10.5. The topological polar surface area (TPSA) is 73.8 Å². The van der Waals surface area contributed by atoms with Crippen molar-refractivity contribution in [3.63, 3.8) is 0 Å². The van der Waals surface area contributed by atoms with Gasteiger partial charge >= 0.3 is 5.97 Å². The molecule has 0 N–H and O–H groups in total. The largest absolute Gasteiger partial charge is 0.453 e. The summed E-state index contributed by atoms with van der Waals surface area (Å²) in [5, 5.41) is 0. The third-order valence-electron chi connectivity index (χ3n) is 2.99. The summed E-state index contributed by atoms with van der Waals surface area (Å²) >= 11 is 3.11. The summed E-state index contributed by atoms with van der Waals surface area (Å²) in [5.74, 6) is -0.531. The van der Waals surface area contributed by atoms with Gasteiger partial charge in [0.15, 0.2) is 4.67 Å². The van der Waals surface area contributed by atoms with Crippen LogP contribution in [-0.2, 0) is 11.3 Å². The van der Waals surface area contributed by atoms with E-state index in [9.17, 15) is 9.59 Å². The van der Waals surface area contributed by atoms with E-state index in [0.717, 1.165) is 5.56 Å². The molecule has 0 saturated carbocycles. The molecule has 22 heavy (non-hydrogen) atoms. The maximum absolute atomic E-state index is 12.0. The van der Waals surface area contributed by atoms with Gasteiger partial charge in [0.2, 0.25) is 5.76 Å². The molecule has 3 heterocycles. The number of carbonyl (C=O) groups excluding carboxylic acids is 1. The van der Waals surface area contributed by atoms with Crippen molar-refractivity contribution < 1.29 is 13.9 Å². The van der Waals surface area contributed by atoms with Crippen molar-refractivity contribution in [2.24, 2.45) is 0 Å². The molecule has 3 aromatic rings. The minimum Gasteiger partial charge on any atom is -0.453 e. The number of rotatable bonds is 3. The van der Waals surface area contributed by atoms with Gasteiger partial charge in [0.05, 0.1) is 5.69 Å². The molecule has 0 spiro atoms. The van der Waals surface area contributed by atoms with Crippen molar-refractivity contribution in [1.29, 1.82) is 0 Å². The summed E-state index contributed by atoms with van der Waals surface area (Å²) in [6.07, 6.45) is 1.71. The summed E-state index contributed by atoms with van der Waals surface area (Å²) in [7, 11) is 0. The Balaban J connectivity index is 1.81. The summed E-state index contributed by atoms with van der Waals surface area (Å²) < 4.78 is 12.1. The molecule has 7 heteroatoms. The van der Waals surface area contributed by atoms with Crippen LogP contribution in [0.4, 0.5) is 0 Å². The molecule has 0 aliphatic heterocycles. The van der Waals surface area contributed by atoms with Crippen LogP contribution in [0.5, 0.6) is 0 Å². The molecule has 6 nitrogen and oxygen atoms in total. The lowest BCUT2D eigenvalue weighted by Gasteiger charge is -2.05. The van der Waals surface area contributed by atoms with E-state index >= 15 is 0 Å². The molecule has 0 radical (unpaired) electrons. The maximum Gasteiger partial charge on any atom is 0.374 e. The Morgan fingerprint density at radius 2 is 2.18 bits per heavy atom. The number of fused-ring (bicyclic) bond motifs is 1. The standard InChI is InChI=1S/C15H11BrN2O4/c1-9-2-5-13-17-10(6-14(19)18(13)7-9)8-21-15(20)11-3-4-12(16)22-11/h2-7H,8H2,1H3. The molecule has 0 aliphatic carbocycles. The number of halogens is 1. The second-order valence-electron chi connectivity index (χ2n) is 4.70. The van der Waals surface area contributed by atoms with Crippen LogP contribution in [0, 0.1) is 6.92 Å². The van der Waals surface area contributed by atoms with Crippen LogP contribution in [0.1, 0.15) is 21.8 Å². The summed E-state index contributed by atoms with van der Waals surface area (Å²) in [6, 6.07) is 8.04. The fourth-order valence-electron chi connectivity index (χ4n) is 1.97. The number of furan rings is 1. The first kappa shape index (κ1) is 14.5. The fraction of sp³-hybridized carbons (Fsp3) is 0.133. The fourth-order valence-corrected chi connectivity index (χ4v) is 2.27. The Hall–Kier alpha value is -2.41. The lowest BCUT2D eigenvalue weighted by atomic mass is 10.3. The molecular formula is C15H11BrN2O4. The van der Waals surface area contributed by atoms with Gasteiger partial charge in [-0.1, -0.05) is 6.07 Å².